The van der Waals surface area contributed by atoms with Gasteiger partial charge >= 0.3 is 5.97 Å². The molecule has 0 spiro atoms. The van der Waals surface area contributed by atoms with Crippen LogP contribution < -0.4 is 0 Å². The molecule has 16 heavy (non-hydrogen) atoms. The second-order valence-electron chi connectivity index (χ2n) is 3.93. The Morgan fingerprint density at radius 2 is 2.25 bits per heavy atom. The van der Waals surface area contributed by atoms with Gasteiger partial charge in [-0.15, -0.1) is 11.3 Å². The highest BCUT2D eigenvalue weighted by Gasteiger charge is 2.16. The monoisotopic (exact) mass is 240 g/mol. The predicted molar refractivity (Wildman–Crippen MR) is 67.8 cm³/mol. The fraction of sp³-hybridized carbons (Fsp3) is 0.615. The van der Waals surface area contributed by atoms with Crippen LogP contribution in [-0.4, -0.2) is 12.6 Å². The molecule has 0 amide bonds. The molecule has 1 rings (SSSR count). The van der Waals surface area contributed by atoms with Crippen LogP contribution in [0, 0.1) is 0 Å². The summed E-state index contributed by atoms with van der Waals surface area (Å²) in [4.78, 5) is 12.9. The molecule has 0 aliphatic heterocycles. The first kappa shape index (κ1) is 13.2. The Labute approximate surface area is 102 Å². The van der Waals surface area contributed by atoms with E-state index in [0.717, 1.165) is 19.3 Å². The van der Waals surface area contributed by atoms with Crippen molar-refractivity contribution in [3.8, 4) is 0 Å². The van der Waals surface area contributed by atoms with E-state index in [0.29, 0.717) is 18.9 Å². The van der Waals surface area contributed by atoms with Gasteiger partial charge < -0.3 is 4.74 Å². The minimum Gasteiger partial charge on any atom is -0.466 e. The highest BCUT2D eigenvalue weighted by Crippen LogP contribution is 2.28. The van der Waals surface area contributed by atoms with E-state index in [2.05, 4.69) is 18.4 Å². The van der Waals surface area contributed by atoms with Crippen LogP contribution in [0.25, 0.3) is 0 Å². The Bertz CT molecular complexity index is 293. The molecule has 1 unspecified atom stereocenters. The first-order valence-electron chi connectivity index (χ1n) is 5.97. The molecule has 0 aromatic carbocycles. The fourth-order valence-electron chi connectivity index (χ4n) is 1.69. The SMILES string of the molecule is CCCOC(=O)CC(CCC)c1cccs1. The van der Waals surface area contributed by atoms with Crippen molar-refractivity contribution in [2.45, 2.75) is 45.4 Å². The van der Waals surface area contributed by atoms with Crippen LogP contribution in [0.15, 0.2) is 17.5 Å². The van der Waals surface area contributed by atoms with Crippen molar-refractivity contribution < 1.29 is 9.53 Å². The highest BCUT2D eigenvalue weighted by atomic mass is 32.1. The molecule has 0 N–H and O–H groups in total. The van der Waals surface area contributed by atoms with Crippen LogP contribution in [0.4, 0.5) is 0 Å². The summed E-state index contributed by atoms with van der Waals surface area (Å²) in [6, 6.07) is 4.15. The fourth-order valence-corrected chi connectivity index (χ4v) is 2.56. The first-order valence-corrected chi connectivity index (χ1v) is 6.84. The van der Waals surface area contributed by atoms with Crippen molar-refractivity contribution in [3.63, 3.8) is 0 Å². The van der Waals surface area contributed by atoms with Gasteiger partial charge in [-0.3, -0.25) is 4.79 Å². The largest absolute Gasteiger partial charge is 0.466 e. The van der Waals surface area contributed by atoms with E-state index in [1.54, 1.807) is 11.3 Å². The minimum atomic E-state index is -0.0614. The molecule has 0 fully saturated rings. The van der Waals surface area contributed by atoms with E-state index in [-0.39, 0.29) is 5.97 Å². The zero-order valence-electron chi connectivity index (χ0n) is 10.1. The number of thiophene rings is 1. The summed E-state index contributed by atoms with van der Waals surface area (Å²) >= 11 is 1.73. The lowest BCUT2D eigenvalue weighted by atomic mass is 9.98. The third kappa shape index (κ3) is 4.35. The van der Waals surface area contributed by atoms with E-state index < -0.39 is 0 Å². The van der Waals surface area contributed by atoms with Crippen LogP contribution in [0.1, 0.15) is 50.3 Å². The van der Waals surface area contributed by atoms with Crippen molar-refractivity contribution in [2.75, 3.05) is 6.61 Å². The number of hydrogen-bond acceptors (Lipinski definition) is 3. The topological polar surface area (TPSA) is 26.3 Å². The van der Waals surface area contributed by atoms with Crippen LogP contribution in [0.2, 0.25) is 0 Å². The Morgan fingerprint density at radius 1 is 1.44 bits per heavy atom. The zero-order chi connectivity index (χ0) is 11.8. The summed E-state index contributed by atoms with van der Waals surface area (Å²) in [6.07, 6.45) is 3.57. The lowest BCUT2D eigenvalue weighted by Crippen LogP contribution is -2.10. The van der Waals surface area contributed by atoms with E-state index in [1.165, 1.54) is 4.88 Å². The Balaban J connectivity index is 2.48. The minimum absolute atomic E-state index is 0.0614. The van der Waals surface area contributed by atoms with Gasteiger partial charge in [0, 0.05) is 10.8 Å². The summed E-state index contributed by atoms with van der Waals surface area (Å²) < 4.78 is 5.13. The maximum atomic E-state index is 11.6. The third-order valence-electron chi connectivity index (χ3n) is 2.46. The van der Waals surface area contributed by atoms with Crippen molar-refractivity contribution in [3.05, 3.63) is 22.4 Å². The molecule has 1 aromatic heterocycles. The van der Waals surface area contributed by atoms with Gasteiger partial charge in [0.15, 0.2) is 0 Å². The number of carbonyl (C=O) groups is 1. The van der Waals surface area contributed by atoms with Gasteiger partial charge in [-0.25, -0.2) is 0 Å². The van der Waals surface area contributed by atoms with Crippen LogP contribution in [-0.2, 0) is 9.53 Å². The standard InChI is InChI=1S/C13H20O2S/c1-3-6-11(12-7-5-9-16-12)10-13(14)15-8-4-2/h5,7,9,11H,3-4,6,8,10H2,1-2H3. The van der Waals surface area contributed by atoms with Crippen molar-refractivity contribution in [2.24, 2.45) is 0 Å². The lowest BCUT2D eigenvalue weighted by Gasteiger charge is -2.13. The van der Waals surface area contributed by atoms with Crippen molar-refractivity contribution in [1.29, 1.82) is 0 Å². The zero-order valence-corrected chi connectivity index (χ0v) is 10.9. The number of hydrogen-bond donors (Lipinski definition) is 0. The number of carbonyl (C=O) groups excluding carboxylic acids is 1. The molecule has 0 saturated carbocycles. The maximum absolute atomic E-state index is 11.6. The summed E-state index contributed by atoms with van der Waals surface area (Å²) in [7, 11) is 0. The van der Waals surface area contributed by atoms with E-state index >= 15 is 0 Å². The molecular weight excluding hydrogens is 220 g/mol. The molecule has 1 aromatic rings. The third-order valence-corrected chi connectivity index (χ3v) is 3.50. The van der Waals surface area contributed by atoms with Gasteiger partial charge in [-0.1, -0.05) is 26.3 Å². The van der Waals surface area contributed by atoms with E-state index in [1.807, 2.05) is 13.0 Å². The van der Waals surface area contributed by atoms with Gasteiger partial charge in [-0.05, 0) is 24.3 Å². The van der Waals surface area contributed by atoms with Crippen molar-refractivity contribution in [1.82, 2.24) is 0 Å². The predicted octanol–water partition coefficient (Wildman–Crippen LogP) is 3.98. The quantitative estimate of drug-likeness (QED) is 0.674. The highest BCUT2D eigenvalue weighted by molar-refractivity contribution is 7.10. The van der Waals surface area contributed by atoms with Gasteiger partial charge in [0.2, 0.25) is 0 Å². The van der Waals surface area contributed by atoms with Crippen LogP contribution in [0.3, 0.4) is 0 Å². The number of ether oxygens (including phenoxy) is 1. The second-order valence-corrected chi connectivity index (χ2v) is 4.90. The molecule has 0 bridgehead atoms. The number of rotatable bonds is 7. The molecule has 0 radical (unpaired) electrons. The molecule has 1 atom stereocenters. The normalized spacial score (nSPS) is 12.4. The molecular formula is C13H20O2S. The molecule has 1 heterocycles. The summed E-state index contributed by atoms with van der Waals surface area (Å²) in [6.45, 7) is 4.70. The molecule has 2 nitrogen and oxygen atoms in total. The van der Waals surface area contributed by atoms with E-state index in [9.17, 15) is 4.79 Å². The first-order chi connectivity index (χ1) is 7.77. The van der Waals surface area contributed by atoms with Gasteiger partial charge in [-0.2, -0.15) is 0 Å². The smallest absolute Gasteiger partial charge is 0.306 e. The van der Waals surface area contributed by atoms with Gasteiger partial charge in [0.1, 0.15) is 0 Å². The van der Waals surface area contributed by atoms with E-state index in [4.69, 9.17) is 4.74 Å². The molecule has 0 aliphatic rings. The molecule has 90 valence electrons. The lowest BCUT2D eigenvalue weighted by molar-refractivity contribution is -0.144. The van der Waals surface area contributed by atoms with Crippen LogP contribution in [0.5, 0.6) is 0 Å². The Kier molecular flexibility index (Phi) is 6.16. The Morgan fingerprint density at radius 3 is 2.81 bits per heavy atom. The summed E-state index contributed by atoms with van der Waals surface area (Å²) in [5.41, 5.74) is 0. The molecule has 3 heteroatoms. The average Bonchev–Trinajstić information content (AvgIpc) is 2.79. The average molecular weight is 240 g/mol. The van der Waals surface area contributed by atoms with Gasteiger partial charge in [0.25, 0.3) is 0 Å². The Hall–Kier alpha value is -0.830. The summed E-state index contributed by atoms with van der Waals surface area (Å²) in [5.74, 6) is 0.281. The van der Waals surface area contributed by atoms with Crippen molar-refractivity contribution >= 4 is 17.3 Å². The summed E-state index contributed by atoms with van der Waals surface area (Å²) in [5, 5.41) is 2.06. The second kappa shape index (κ2) is 7.44. The van der Waals surface area contributed by atoms with Crippen LogP contribution >= 0.6 is 11.3 Å². The molecule has 0 saturated heterocycles. The van der Waals surface area contributed by atoms with Gasteiger partial charge in [0.05, 0.1) is 13.0 Å². The maximum Gasteiger partial charge on any atom is 0.306 e. The number of esters is 1. The molecule has 0 aliphatic carbocycles.